The van der Waals surface area contributed by atoms with Gasteiger partial charge in [0.1, 0.15) is 5.75 Å². The van der Waals surface area contributed by atoms with Crippen LogP contribution in [0.3, 0.4) is 0 Å². The van der Waals surface area contributed by atoms with E-state index in [1.807, 2.05) is 29.6 Å². The number of fused-ring (bicyclic) bond motifs is 1. The number of rotatable bonds is 6. The van der Waals surface area contributed by atoms with Gasteiger partial charge in [0.25, 0.3) is 0 Å². The van der Waals surface area contributed by atoms with Gasteiger partial charge in [-0.2, -0.15) is 0 Å². The number of aryl methyl sites for hydroxylation is 1. The summed E-state index contributed by atoms with van der Waals surface area (Å²) in [6, 6.07) is 13.1. The Hall–Kier alpha value is -3.06. The molecule has 0 spiro atoms. The molecule has 138 valence electrons. The molecule has 1 N–H and O–H groups in total. The number of thiazole rings is 1. The minimum atomic E-state index is -0.0601. The lowest BCUT2D eigenvalue weighted by Crippen LogP contribution is -2.12. The number of nitrogens with zero attached hydrogens (tertiary/aromatic N) is 1. The molecule has 1 aromatic heterocycles. The molecule has 0 saturated heterocycles. The van der Waals surface area contributed by atoms with Crippen molar-refractivity contribution in [2.24, 2.45) is 0 Å². The second-order valence-electron chi connectivity index (χ2n) is 5.97. The van der Waals surface area contributed by atoms with E-state index in [4.69, 9.17) is 14.2 Å². The van der Waals surface area contributed by atoms with Gasteiger partial charge in [0.05, 0.1) is 17.8 Å². The highest BCUT2D eigenvalue weighted by Gasteiger charge is 2.14. The maximum atomic E-state index is 12.2. The van der Waals surface area contributed by atoms with Crippen LogP contribution in [-0.4, -0.2) is 24.8 Å². The first-order valence-electron chi connectivity index (χ1n) is 8.49. The van der Waals surface area contributed by atoms with Gasteiger partial charge in [0.2, 0.25) is 12.7 Å². The summed E-state index contributed by atoms with van der Waals surface area (Å²) in [7, 11) is 1.64. The molecule has 1 aliphatic rings. The molecule has 0 saturated carbocycles. The van der Waals surface area contributed by atoms with Crippen LogP contribution in [0.15, 0.2) is 47.8 Å². The molecule has 6 nitrogen and oxygen atoms in total. The van der Waals surface area contributed by atoms with E-state index in [1.165, 1.54) is 0 Å². The Labute approximate surface area is 160 Å². The van der Waals surface area contributed by atoms with Crippen LogP contribution in [0.4, 0.5) is 5.69 Å². The van der Waals surface area contributed by atoms with Crippen LogP contribution in [0, 0.1) is 0 Å². The number of methoxy groups -OCH3 is 1. The fourth-order valence-corrected chi connectivity index (χ4v) is 3.55. The Bertz CT molecular complexity index is 953. The second kappa shape index (κ2) is 7.67. The molecule has 0 unspecified atom stereocenters. The van der Waals surface area contributed by atoms with Crippen molar-refractivity contribution >= 4 is 22.9 Å². The standard InChI is InChI=1S/C20H18N2O4S/c1-24-15-5-2-13(3-6-15)16-11-27-20(22-16)9-8-19(23)21-14-4-7-17-18(10-14)26-12-25-17/h2-7,10-11H,8-9,12H2,1H3,(H,21,23). The quantitative estimate of drug-likeness (QED) is 0.694. The largest absolute Gasteiger partial charge is 0.497 e. The number of hydrogen-bond acceptors (Lipinski definition) is 6. The average Bonchev–Trinajstić information content (AvgIpc) is 3.35. The lowest BCUT2D eigenvalue weighted by molar-refractivity contribution is -0.116. The van der Waals surface area contributed by atoms with Gasteiger partial charge >= 0.3 is 0 Å². The van der Waals surface area contributed by atoms with Crippen LogP contribution in [0.5, 0.6) is 17.2 Å². The zero-order valence-electron chi connectivity index (χ0n) is 14.7. The summed E-state index contributed by atoms with van der Waals surface area (Å²) < 4.78 is 15.8. The van der Waals surface area contributed by atoms with Crippen molar-refractivity contribution in [3.63, 3.8) is 0 Å². The lowest BCUT2D eigenvalue weighted by Gasteiger charge is -2.05. The van der Waals surface area contributed by atoms with Crippen molar-refractivity contribution in [3.8, 4) is 28.5 Å². The molecule has 27 heavy (non-hydrogen) atoms. The van der Waals surface area contributed by atoms with Crippen molar-refractivity contribution < 1.29 is 19.0 Å². The third-order valence-corrected chi connectivity index (χ3v) is 5.07. The van der Waals surface area contributed by atoms with E-state index in [-0.39, 0.29) is 12.7 Å². The third kappa shape index (κ3) is 4.03. The number of aromatic nitrogens is 1. The second-order valence-corrected chi connectivity index (χ2v) is 6.91. The minimum Gasteiger partial charge on any atom is -0.497 e. The highest BCUT2D eigenvalue weighted by atomic mass is 32.1. The van der Waals surface area contributed by atoms with E-state index in [0.717, 1.165) is 22.0 Å². The maximum absolute atomic E-state index is 12.2. The number of hydrogen-bond donors (Lipinski definition) is 1. The van der Waals surface area contributed by atoms with E-state index in [2.05, 4.69) is 10.3 Å². The monoisotopic (exact) mass is 382 g/mol. The molecule has 2 heterocycles. The first kappa shape index (κ1) is 17.4. The van der Waals surface area contributed by atoms with Crippen LogP contribution in [0.25, 0.3) is 11.3 Å². The number of anilines is 1. The predicted octanol–water partition coefficient (Wildman–Crippen LogP) is 4.12. The molecule has 0 aliphatic carbocycles. The first-order valence-corrected chi connectivity index (χ1v) is 9.37. The van der Waals surface area contributed by atoms with Gasteiger partial charge in [-0.25, -0.2) is 4.98 Å². The van der Waals surface area contributed by atoms with Crippen LogP contribution >= 0.6 is 11.3 Å². The highest BCUT2D eigenvalue weighted by Crippen LogP contribution is 2.34. The van der Waals surface area contributed by atoms with Crippen LogP contribution in [0.2, 0.25) is 0 Å². The molecule has 0 fully saturated rings. The summed E-state index contributed by atoms with van der Waals surface area (Å²) in [4.78, 5) is 16.8. The fourth-order valence-electron chi connectivity index (χ4n) is 2.74. The normalized spacial score (nSPS) is 12.0. The summed E-state index contributed by atoms with van der Waals surface area (Å²) in [6.07, 6.45) is 0.960. The Morgan fingerprint density at radius 2 is 2.00 bits per heavy atom. The van der Waals surface area contributed by atoms with Crippen LogP contribution in [-0.2, 0) is 11.2 Å². The van der Waals surface area contributed by atoms with Gasteiger partial charge in [-0.15, -0.1) is 11.3 Å². The Morgan fingerprint density at radius 1 is 1.19 bits per heavy atom. The zero-order valence-corrected chi connectivity index (χ0v) is 15.5. The fraction of sp³-hybridized carbons (Fsp3) is 0.200. The Kier molecular flexibility index (Phi) is 4.93. The smallest absolute Gasteiger partial charge is 0.231 e. The molecular formula is C20H18N2O4S. The number of benzene rings is 2. The molecule has 1 aliphatic heterocycles. The van der Waals surface area contributed by atoms with Crippen LogP contribution < -0.4 is 19.5 Å². The van der Waals surface area contributed by atoms with Gasteiger partial charge in [-0.3, -0.25) is 4.79 Å². The molecule has 0 bridgehead atoms. The van der Waals surface area contributed by atoms with Gasteiger partial charge in [0, 0.05) is 35.5 Å². The molecule has 2 aromatic carbocycles. The average molecular weight is 382 g/mol. The zero-order chi connectivity index (χ0) is 18.6. The summed E-state index contributed by atoms with van der Waals surface area (Å²) in [5, 5.41) is 5.82. The van der Waals surface area contributed by atoms with Gasteiger partial charge in [0.15, 0.2) is 11.5 Å². The van der Waals surface area contributed by atoms with Crippen molar-refractivity contribution in [2.75, 3.05) is 19.2 Å². The number of ether oxygens (including phenoxy) is 3. The predicted molar refractivity (Wildman–Crippen MR) is 104 cm³/mol. The molecule has 1 amide bonds. The molecular weight excluding hydrogens is 364 g/mol. The number of nitrogens with one attached hydrogen (secondary N) is 1. The topological polar surface area (TPSA) is 69.7 Å². The molecule has 0 radical (unpaired) electrons. The van der Waals surface area contributed by atoms with Gasteiger partial charge < -0.3 is 19.5 Å². The maximum Gasteiger partial charge on any atom is 0.231 e. The van der Waals surface area contributed by atoms with Gasteiger partial charge in [-0.1, -0.05) is 0 Å². The number of carbonyl (C=O) groups excluding carboxylic acids is 1. The van der Waals surface area contributed by atoms with Crippen molar-refractivity contribution in [3.05, 3.63) is 52.9 Å². The lowest BCUT2D eigenvalue weighted by atomic mass is 10.2. The van der Waals surface area contributed by atoms with E-state index in [1.54, 1.807) is 36.6 Å². The SMILES string of the molecule is COc1ccc(-c2csc(CCC(=O)Nc3ccc4c(c3)OCO4)n2)cc1. The summed E-state index contributed by atoms with van der Waals surface area (Å²) in [5.74, 6) is 2.10. The molecule has 7 heteroatoms. The molecule has 0 atom stereocenters. The molecule has 4 rings (SSSR count). The third-order valence-electron chi connectivity index (χ3n) is 4.16. The van der Waals surface area contributed by atoms with E-state index < -0.39 is 0 Å². The highest BCUT2D eigenvalue weighted by molar-refractivity contribution is 7.09. The molecule has 3 aromatic rings. The Balaban J connectivity index is 1.33. The van der Waals surface area contributed by atoms with Crippen molar-refractivity contribution in [2.45, 2.75) is 12.8 Å². The first-order chi connectivity index (χ1) is 13.2. The van der Waals surface area contributed by atoms with E-state index >= 15 is 0 Å². The summed E-state index contributed by atoms with van der Waals surface area (Å²) in [5.41, 5.74) is 2.64. The van der Waals surface area contributed by atoms with Gasteiger partial charge in [-0.05, 0) is 36.4 Å². The van der Waals surface area contributed by atoms with Crippen molar-refractivity contribution in [1.82, 2.24) is 4.98 Å². The van der Waals surface area contributed by atoms with Crippen molar-refractivity contribution in [1.29, 1.82) is 0 Å². The van der Waals surface area contributed by atoms with E-state index in [9.17, 15) is 4.79 Å². The van der Waals surface area contributed by atoms with E-state index in [0.29, 0.717) is 30.0 Å². The Morgan fingerprint density at radius 3 is 2.81 bits per heavy atom. The summed E-state index contributed by atoms with van der Waals surface area (Å²) >= 11 is 1.56. The van der Waals surface area contributed by atoms with Crippen LogP contribution in [0.1, 0.15) is 11.4 Å². The summed E-state index contributed by atoms with van der Waals surface area (Å²) in [6.45, 7) is 0.216. The number of amides is 1. The minimum absolute atomic E-state index is 0.0601. The number of carbonyl (C=O) groups is 1.